The van der Waals surface area contributed by atoms with Crippen molar-refractivity contribution in [3.05, 3.63) is 39.8 Å². The maximum Gasteiger partial charge on any atom is 1.00 e. The van der Waals surface area contributed by atoms with Crippen LogP contribution in [0.4, 0.5) is 4.79 Å². The molecule has 0 radical (unpaired) electrons. The Labute approximate surface area is 182 Å². The number of hydrogen-bond donors (Lipinski definition) is 1. The summed E-state index contributed by atoms with van der Waals surface area (Å²) in [6.45, 7) is 3.42. The Morgan fingerprint density at radius 1 is 1.32 bits per heavy atom. The number of carbonyl (C=O) groups excluding carboxylic acids is 2. The van der Waals surface area contributed by atoms with Gasteiger partial charge in [-0.15, -0.1) is 9.78 Å². The van der Waals surface area contributed by atoms with E-state index in [4.69, 9.17) is 4.74 Å². The summed E-state index contributed by atoms with van der Waals surface area (Å²) in [5.41, 5.74) is -1.47. The Balaban J connectivity index is 0.00000392. The van der Waals surface area contributed by atoms with E-state index >= 15 is 0 Å². The minimum atomic E-state index is -4.62. The van der Waals surface area contributed by atoms with Crippen molar-refractivity contribution < 1.29 is 57.4 Å². The third-order valence-electron chi connectivity index (χ3n) is 3.49. The average molecular weight is 420 g/mol. The molecule has 0 aliphatic heterocycles. The van der Waals surface area contributed by atoms with Crippen LogP contribution in [-0.4, -0.2) is 41.4 Å². The number of hydrogen-bond acceptors (Lipinski definition) is 8. The fraction of sp³-hybridized carbons (Fsp3) is 0.333. The Morgan fingerprint density at radius 3 is 2.54 bits per heavy atom. The van der Waals surface area contributed by atoms with Crippen LogP contribution in [0, 0.1) is 6.92 Å². The molecule has 1 amide bonds. The molecule has 0 fully saturated rings. The smallest absolute Gasteiger partial charge is 0.545 e. The first-order valence-corrected chi connectivity index (χ1v) is 9.25. The molecule has 28 heavy (non-hydrogen) atoms. The first-order chi connectivity index (χ1) is 12.6. The topological polar surface area (TPSA) is 152 Å². The number of carboxylic acid groups (broad SMARTS) is 1. The van der Waals surface area contributed by atoms with Gasteiger partial charge in [0.05, 0.1) is 17.5 Å². The van der Waals surface area contributed by atoms with E-state index in [9.17, 15) is 27.9 Å². The van der Waals surface area contributed by atoms with E-state index in [1.807, 2.05) is 6.92 Å². The number of aromatic carboxylic acids is 1. The molecular weight excluding hydrogens is 403 g/mol. The number of ether oxygens (including phenoxy) is 1. The summed E-state index contributed by atoms with van der Waals surface area (Å²) in [6.07, 6.45) is 0.626. The van der Waals surface area contributed by atoms with Crippen molar-refractivity contribution in [1.29, 1.82) is 0 Å². The van der Waals surface area contributed by atoms with Gasteiger partial charge in [0.2, 0.25) is 0 Å². The minimum Gasteiger partial charge on any atom is -0.545 e. The summed E-state index contributed by atoms with van der Waals surface area (Å²) < 4.78 is 33.1. The van der Waals surface area contributed by atoms with Gasteiger partial charge in [0.1, 0.15) is 0 Å². The molecule has 1 aromatic carbocycles. The molecule has 1 aromatic heterocycles. The Kier molecular flexibility index (Phi) is 7.99. The van der Waals surface area contributed by atoms with Crippen LogP contribution in [0.2, 0.25) is 0 Å². The SMILES string of the molecule is CCCOc1nn(C(=O)NS(=O)(=O)c2c(C)cccc2C(=O)[O-])c(=O)n1C.[Na+]. The number of aromatic nitrogens is 3. The number of nitrogens with one attached hydrogen (secondary N) is 1. The van der Waals surface area contributed by atoms with Crippen molar-refractivity contribution in [3.63, 3.8) is 0 Å². The number of rotatable bonds is 6. The molecule has 0 unspecified atom stereocenters. The molecule has 0 aliphatic carbocycles. The third kappa shape index (κ3) is 4.82. The second kappa shape index (κ2) is 9.37. The van der Waals surface area contributed by atoms with Gasteiger partial charge in [0.15, 0.2) is 0 Å². The first-order valence-electron chi connectivity index (χ1n) is 7.77. The summed E-state index contributed by atoms with van der Waals surface area (Å²) in [5.74, 6) is -1.73. The summed E-state index contributed by atoms with van der Waals surface area (Å²) in [5, 5.41) is 14.8. The van der Waals surface area contributed by atoms with Crippen molar-refractivity contribution >= 4 is 22.0 Å². The number of carbonyl (C=O) groups is 2. The summed E-state index contributed by atoms with van der Waals surface area (Å²) >= 11 is 0. The molecule has 0 aliphatic rings. The number of aryl methyl sites for hydroxylation is 1. The zero-order chi connectivity index (χ0) is 20.4. The summed E-state index contributed by atoms with van der Waals surface area (Å²) in [7, 11) is -3.32. The van der Waals surface area contributed by atoms with Crippen molar-refractivity contribution in [2.45, 2.75) is 25.2 Å². The van der Waals surface area contributed by atoms with E-state index in [2.05, 4.69) is 5.10 Å². The fourth-order valence-electron chi connectivity index (χ4n) is 2.25. The second-order valence-electron chi connectivity index (χ2n) is 5.53. The van der Waals surface area contributed by atoms with Crippen LogP contribution >= 0.6 is 0 Å². The van der Waals surface area contributed by atoms with Gasteiger partial charge in [-0.25, -0.2) is 27.3 Å². The predicted molar refractivity (Wildman–Crippen MR) is 89.9 cm³/mol. The van der Waals surface area contributed by atoms with Gasteiger partial charge in [0, 0.05) is 12.6 Å². The molecule has 13 heteroatoms. The third-order valence-corrected chi connectivity index (χ3v) is 5.01. The molecule has 2 rings (SSSR count). The zero-order valence-electron chi connectivity index (χ0n) is 15.8. The standard InChI is InChI=1S/C15H18N4O7S.Na/c1-4-8-26-14-16-19(15(23)18(14)3)13(22)17-27(24,25)11-9(2)6-5-7-10(11)12(20)21;/h5-7H,4,8H2,1-3H3,(H,17,22)(H,20,21);/q;+1/p-1. The second-order valence-corrected chi connectivity index (χ2v) is 7.15. The van der Waals surface area contributed by atoms with Crippen LogP contribution in [0.1, 0.15) is 29.3 Å². The monoisotopic (exact) mass is 420 g/mol. The van der Waals surface area contributed by atoms with Crippen LogP contribution in [-0.2, 0) is 17.1 Å². The Morgan fingerprint density at radius 2 is 1.96 bits per heavy atom. The number of amides is 1. The molecule has 0 saturated heterocycles. The van der Waals surface area contributed by atoms with Gasteiger partial charge in [-0.2, -0.15) is 0 Å². The summed E-state index contributed by atoms with van der Waals surface area (Å²) in [4.78, 5) is 34.9. The largest absolute Gasteiger partial charge is 1.00 e. The van der Waals surface area contributed by atoms with Gasteiger partial charge in [-0.3, -0.25) is 0 Å². The fourth-order valence-corrected chi connectivity index (χ4v) is 3.60. The van der Waals surface area contributed by atoms with E-state index < -0.39 is 38.2 Å². The number of sulfonamides is 1. The minimum absolute atomic E-state index is 0. The molecule has 11 nitrogen and oxygen atoms in total. The van der Waals surface area contributed by atoms with Crippen molar-refractivity contribution in [1.82, 2.24) is 19.1 Å². The zero-order valence-corrected chi connectivity index (χ0v) is 18.6. The number of carboxylic acids is 1. The van der Waals surface area contributed by atoms with Gasteiger partial charge in [-0.05, 0) is 18.9 Å². The van der Waals surface area contributed by atoms with Gasteiger partial charge in [0.25, 0.3) is 10.0 Å². The predicted octanol–water partition coefficient (Wildman–Crippen LogP) is -4.01. The molecule has 0 atom stereocenters. The van der Waals surface area contributed by atoms with E-state index in [0.29, 0.717) is 6.42 Å². The van der Waals surface area contributed by atoms with Gasteiger partial charge < -0.3 is 14.6 Å². The molecule has 1 heterocycles. The van der Waals surface area contributed by atoms with E-state index in [-0.39, 0.29) is 52.4 Å². The van der Waals surface area contributed by atoms with Crippen LogP contribution in [0.15, 0.2) is 27.9 Å². The maximum atomic E-state index is 12.5. The average Bonchev–Trinajstić information content (AvgIpc) is 2.87. The van der Waals surface area contributed by atoms with Crippen LogP contribution in [0.5, 0.6) is 6.01 Å². The first kappa shape index (κ1) is 23.9. The van der Waals surface area contributed by atoms with Crippen molar-refractivity contribution in [2.75, 3.05) is 6.61 Å². The van der Waals surface area contributed by atoms with E-state index in [1.165, 1.54) is 26.1 Å². The normalized spacial score (nSPS) is 10.8. The Bertz CT molecular complexity index is 1060. The molecule has 0 spiro atoms. The molecular formula is C15H17N4NaO7S. The molecule has 0 saturated carbocycles. The molecule has 1 N–H and O–H groups in total. The Hall–Kier alpha value is -2.15. The van der Waals surface area contributed by atoms with Gasteiger partial charge in [-0.1, -0.05) is 25.1 Å². The quantitative estimate of drug-likeness (QED) is 0.464. The van der Waals surface area contributed by atoms with Crippen molar-refractivity contribution in [2.24, 2.45) is 7.05 Å². The van der Waals surface area contributed by atoms with Crippen LogP contribution in [0.3, 0.4) is 0 Å². The number of benzene rings is 1. The van der Waals surface area contributed by atoms with E-state index in [1.54, 1.807) is 4.72 Å². The van der Waals surface area contributed by atoms with Crippen molar-refractivity contribution in [3.8, 4) is 6.01 Å². The van der Waals surface area contributed by atoms with Crippen LogP contribution in [0.25, 0.3) is 0 Å². The number of nitrogens with zero attached hydrogens (tertiary/aromatic N) is 3. The maximum absolute atomic E-state index is 12.5. The van der Waals surface area contributed by atoms with Gasteiger partial charge >= 0.3 is 47.3 Å². The molecule has 2 aromatic rings. The molecule has 0 bridgehead atoms. The van der Waals surface area contributed by atoms with E-state index in [0.717, 1.165) is 10.6 Å². The molecule has 146 valence electrons. The summed E-state index contributed by atoms with van der Waals surface area (Å²) in [6, 6.07) is 2.18. The van der Waals surface area contributed by atoms with Crippen LogP contribution < -0.4 is 49.8 Å².